The van der Waals surface area contributed by atoms with Crippen LogP contribution in [-0.2, 0) is 6.18 Å². The fraction of sp³-hybridized carbons (Fsp3) is 0.125. The van der Waals surface area contributed by atoms with Gasteiger partial charge in [-0.25, -0.2) is 0 Å². The first-order chi connectivity index (χ1) is 7.07. The normalized spacial score (nSPS) is 11.7. The van der Waals surface area contributed by atoms with Crippen LogP contribution in [0, 0.1) is 0 Å². The fourth-order valence-corrected chi connectivity index (χ4v) is 0.957. The van der Waals surface area contributed by atoms with Gasteiger partial charge in [0.1, 0.15) is 0 Å². The Hall–Kier alpha value is -1.92. The van der Waals surface area contributed by atoms with Crippen molar-refractivity contribution in [2.75, 3.05) is 0 Å². The number of rotatable bonds is 1. The lowest BCUT2D eigenvalue weighted by Crippen LogP contribution is -2.04. The van der Waals surface area contributed by atoms with E-state index in [-0.39, 0.29) is 5.82 Å². The smallest absolute Gasteiger partial charge is 0.329 e. The van der Waals surface area contributed by atoms with Gasteiger partial charge in [-0.1, -0.05) is 5.16 Å². The van der Waals surface area contributed by atoms with Gasteiger partial charge in [0.05, 0.1) is 0 Å². The maximum Gasteiger partial charge on any atom is 0.471 e. The number of halogens is 3. The van der Waals surface area contributed by atoms with Gasteiger partial charge in [0, 0.05) is 18.0 Å². The summed E-state index contributed by atoms with van der Waals surface area (Å²) in [6, 6.07) is 2.98. The Morgan fingerprint density at radius 3 is 2.33 bits per heavy atom. The molecule has 0 atom stereocenters. The summed E-state index contributed by atoms with van der Waals surface area (Å²) in [6.45, 7) is 0. The molecule has 0 radical (unpaired) electrons. The van der Waals surface area contributed by atoms with Crippen LogP contribution in [0.2, 0.25) is 0 Å². The molecule has 0 fully saturated rings. The molecular weight excluding hydrogens is 211 g/mol. The number of pyridine rings is 1. The molecular formula is C8H4F3N3O. The van der Waals surface area contributed by atoms with Crippen LogP contribution in [-0.4, -0.2) is 15.1 Å². The molecule has 0 unspecified atom stereocenters. The topological polar surface area (TPSA) is 51.8 Å². The summed E-state index contributed by atoms with van der Waals surface area (Å²) < 4.78 is 40.4. The average Bonchev–Trinajstić information content (AvgIpc) is 2.67. The molecule has 7 heteroatoms. The van der Waals surface area contributed by atoms with Crippen molar-refractivity contribution in [3.63, 3.8) is 0 Å². The van der Waals surface area contributed by atoms with E-state index in [1.807, 2.05) is 0 Å². The quantitative estimate of drug-likeness (QED) is 0.731. The highest BCUT2D eigenvalue weighted by Gasteiger charge is 2.38. The third kappa shape index (κ3) is 1.95. The highest BCUT2D eigenvalue weighted by Crippen LogP contribution is 2.28. The van der Waals surface area contributed by atoms with Crippen LogP contribution in [0.4, 0.5) is 13.2 Å². The second kappa shape index (κ2) is 3.34. The minimum absolute atomic E-state index is 0.107. The van der Waals surface area contributed by atoms with Crippen LogP contribution in [0.3, 0.4) is 0 Å². The van der Waals surface area contributed by atoms with Crippen molar-refractivity contribution in [2.45, 2.75) is 6.18 Å². The summed E-state index contributed by atoms with van der Waals surface area (Å²) in [5.41, 5.74) is 0.421. The Bertz CT molecular complexity index is 452. The van der Waals surface area contributed by atoms with Gasteiger partial charge in [-0.2, -0.15) is 18.2 Å². The predicted molar refractivity (Wildman–Crippen MR) is 42.5 cm³/mol. The summed E-state index contributed by atoms with van der Waals surface area (Å²) in [5.74, 6) is -1.46. The van der Waals surface area contributed by atoms with Crippen LogP contribution in [0.1, 0.15) is 5.89 Å². The molecule has 2 aromatic heterocycles. The van der Waals surface area contributed by atoms with Crippen molar-refractivity contribution < 1.29 is 17.7 Å². The Balaban J connectivity index is 2.37. The molecule has 4 nitrogen and oxygen atoms in total. The molecule has 0 amide bonds. The minimum Gasteiger partial charge on any atom is -0.329 e. The Labute approximate surface area is 81.8 Å². The molecule has 0 saturated heterocycles. The van der Waals surface area contributed by atoms with Crippen LogP contribution in [0.25, 0.3) is 11.4 Å². The molecule has 0 aliphatic carbocycles. The van der Waals surface area contributed by atoms with E-state index in [0.29, 0.717) is 5.56 Å². The van der Waals surface area contributed by atoms with Gasteiger partial charge in [-0.15, -0.1) is 0 Å². The first-order valence-electron chi connectivity index (χ1n) is 3.88. The summed E-state index contributed by atoms with van der Waals surface area (Å²) >= 11 is 0. The van der Waals surface area contributed by atoms with Crippen molar-refractivity contribution >= 4 is 0 Å². The zero-order chi connectivity index (χ0) is 10.9. The SMILES string of the molecule is FC(F)(F)c1nc(-c2ccncc2)no1. The lowest BCUT2D eigenvalue weighted by Gasteiger charge is -1.95. The van der Waals surface area contributed by atoms with E-state index in [0.717, 1.165) is 0 Å². The molecule has 0 aliphatic rings. The number of hydrogen-bond acceptors (Lipinski definition) is 4. The predicted octanol–water partition coefficient (Wildman–Crippen LogP) is 2.15. The van der Waals surface area contributed by atoms with Gasteiger partial charge >= 0.3 is 12.1 Å². The molecule has 2 aromatic rings. The zero-order valence-electron chi connectivity index (χ0n) is 7.19. The first kappa shape index (κ1) is 9.63. The number of aromatic nitrogens is 3. The van der Waals surface area contributed by atoms with Gasteiger partial charge in [0.15, 0.2) is 0 Å². The minimum atomic E-state index is -4.61. The van der Waals surface area contributed by atoms with Crippen LogP contribution in [0.5, 0.6) is 0 Å². The summed E-state index contributed by atoms with van der Waals surface area (Å²) in [4.78, 5) is 6.94. The lowest BCUT2D eigenvalue weighted by atomic mass is 10.2. The molecule has 2 heterocycles. The second-order valence-electron chi connectivity index (χ2n) is 2.66. The second-order valence-corrected chi connectivity index (χ2v) is 2.66. The van der Waals surface area contributed by atoms with E-state index in [1.165, 1.54) is 24.5 Å². The molecule has 0 aliphatic heterocycles. The molecule has 0 spiro atoms. The van der Waals surface area contributed by atoms with Crippen molar-refractivity contribution in [2.24, 2.45) is 0 Å². The maximum absolute atomic E-state index is 12.1. The number of hydrogen-bond donors (Lipinski definition) is 0. The van der Waals surface area contributed by atoms with Gasteiger partial charge in [-0.05, 0) is 12.1 Å². The number of nitrogens with zero attached hydrogens (tertiary/aromatic N) is 3. The van der Waals surface area contributed by atoms with Crippen LogP contribution < -0.4 is 0 Å². The highest BCUT2D eigenvalue weighted by atomic mass is 19.4. The van der Waals surface area contributed by atoms with E-state index in [1.54, 1.807) is 0 Å². The fourth-order valence-electron chi connectivity index (χ4n) is 0.957. The first-order valence-corrected chi connectivity index (χ1v) is 3.88. The van der Waals surface area contributed by atoms with E-state index in [4.69, 9.17) is 0 Å². The zero-order valence-corrected chi connectivity index (χ0v) is 7.19. The van der Waals surface area contributed by atoms with Crippen molar-refractivity contribution in [3.05, 3.63) is 30.4 Å². The van der Waals surface area contributed by atoms with E-state index >= 15 is 0 Å². The van der Waals surface area contributed by atoms with Gasteiger partial charge in [-0.3, -0.25) is 4.98 Å². The monoisotopic (exact) mass is 215 g/mol. The molecule has 15 heavy (non-hydrogen) atoms. The Morgan fingerprint density at radius 1 is 1.13 bits per heavy atom. The van der Waals surface area contributed by atoms with Gasteiger partial charge < -0.3 is 4.52 Å². The largest absolute Gasteiger partial charge is 0.471 e. The number of alkyl halides is 3. The summed E-state index contributed by atoms with van der Waals surface area (Å²) in [6.07, 6.45) is -1.75. The van der Waals surface area contributed by atoms with Gasteiger partial charge in [0.2, 0.25) is 5.82 Å². The summed E-state index contributed by atoms with van der Waals surface area (Å²) in [7, 11) is 0. The molecule has 0 aromatic carbocycles. The van der Waals surface area contributed by atoms with Crippen LogP contribution in [0.15, 0.2) is 29.0 Å². The molecule has 78 valence electrons. The highest BCUT2D eigenvalue weighted by molar-refractivity contribution is 5.52. The maximum atomic E-state index is 12.1. The Morgan fingerprint density at radius 2 is 1.80 bits per heavy atom. The van der Waals surface area contributed by atoms with E-state index in [2.05, 4.69) is 19.6 Å². The average molecular weight is 215 g/mol. The summed E-state index contributed by atoms with van der Waals surface area (Å²) in [5, 5.41) is 3.22. The van der Waals surface area contributed by atoms with Crippen molar-refractivity contribution in [1.29, 1.82) is 0 Å². The molecule has 0 bridgehead atoms. The molecule has 2 rings (SSSR count). The van der Waals surface area contributed by atoms with Crippen molar-refractivity contribution in [3.8, 4) is 11.4 Å². The molecule has 0 saturated carbocycles. The van der Waals surface area contributed by atoms with Crippen molar-refractivity contribution in [1.82, 2.24) is 15.1 Å². The third-order valence-electron chi connectivity index (χ3n) is 1.61. The van der Waals surface area contributed by atoms with E-state index < -0.39 is 12.1 Å². The lowest BCUT2D eigenvalue weighted by molar-refractivity contribution is -0.159. The van der Waals surface area contributed by atoms with Crippen LogP contribution >= 0.6 is 0 Å². The molecule has 0 N–H and O–H groups in total. The standard InChI is InChI=1S/C8H4F3N3O/c9-8(10,11)7-13-6(14-15-7)5-1-3-12-4-2-5/h1-4H. The third-order valence-corrected chi connectivity index (χ3v) is 1.61. The van der Waals surface area contributed by atoms with E-state index in [9.17, 15) is 13.2 Å². The van der Waals surface area contributed by atoms with Gasteiger partial charge in [0.25, 0.3) is 0 Å². The Kier molecular flexibility index (Phi) is 2.14.